The SMILES string of the molecule is COc1ccc(O)c(C2=NN3[C@@H](c4ccc(F)cc4)Oc4c(OC)cccc4[C@@H]3C2)c1. The molecule has 0 saturated carbocycles. The number of hydrogen-bond acceptors (Lipinski definition) is 6. The summed E-state index contributed by atoms with van der Waals surface area (Å²) in [5.74, 6) is 1.72. The van der Waals surface area contributed by atoms with Gasteiger partial charge >= 0.3 is 0 Å². The van der Waals surface area contributed by atoms with Gasteiger partial charge in [0.15, 0.2) is 11.5 Å². The minimum atomic E-state index is -0.570. The summed E-state index contributed by atoms with van der Waals surface area (Å²) < 4.78 is 30.7. The molecule has 0 saturated heterocycles. The van der Waals surface area contributed by atoms with Crippen molar-refractivity contribution in [3.63, 3.8) is 0 Å². The lowest BCUT2D eigenvalue weighted by atomic mass is 9.95. The number of phenolic OH excluding ortho intramolecular Hbond substituents is 1. The standard InChI is InChI=1S/C24H21FN2O4/c1-29-16-10-11-21(28)18(12-16)19-13-20-17-4-3-5-22(30-2)23(17)31-24(27(20)26-19)14-6-8-15(25)9-7-14/h3-12,20,24,28H,13H2,1-2H3/t20-,24+/m0/s1. The van der Waals surface area contributed by atoms with Crippen molar-refractivity contribution >= 4 is 5.71 Å². The second-order valence-corrected chi connectivity index (χ2v) is 7.43. The third-order valence-electron chi connectivity index (χ3n) is 5.67. The van der Waals surface area contributed by atoms with E-state index in [-0.39, 0.29) is 17.6 Å². The summed E-state index contributed by atoms with van der Waals surface area (Å²) >= 11 is 0. The first-order valence-electron chi connectivity index (χ1n) is 9.91. The molecule has 2 heterocycles. The largest absolute Gasteiger partial charge is 0.507 e. The van der Waals surface area contributed by atoms with Gasteiger partial charge in [0.05, 0.1) is 26.0 Å². The number of methoxy groups -OCH3 is 2. The molecule has 0 aromatic heterocycles. The van der Waals surface area contributed by atoms with Gasteiger partial charge in [0, 0.05) is 23.1 Å². The van der Waals surface area contributed by atoms with Crippen molar-refractivity contribution in [3.05, 3.63) is 83.2 Å². The Morgan fingerprint density at radius 1 is 1.06 bits per heavy atom. The molecule has 0 radical (unpaired) electrons. The summed E-state index contributed by atoms with van der Waals surface area (Å²) in [5, 5.41) is 17.2. The summed E-state index contributed by atoms with van der Waals surface area (Å²) in [4.78, 5) is 0. The van der Waals surface area contributed by atoms with Crippen LogP contribution in [0.2, 0.25) is 0 Å². The van der Waals surface area contributed by atoms with Crippen molar-refractivity contribution in [3.8, 4) is 23.0 Å². The van der Waals surface area contributed by atoms with E-state index < -0.39 is 6.23 Å². The van der Waals surface area contributed by atoms with Crippen molar-refractivity contribution in [1.29, 1.82) is 0 Å². The minimum Gasteiger partial charge on any atom is -0.507 e. The van der Waals surface area contributed by atoms with Gasteiger partial charge in [0.1, 0.15) is 17.3 Å². The molecule has 0 fully saturated rings. The van der Waals surface area contributed by atoms with E-state index in [9.17, 15) is 9.50 Å². The van der Waals surface area contributed by atoms with Gasteiger partial charge in [-0.15, -0.1) is 0 Å². The van der Waals surface area contributed by atoms with Gasteiger partial charge in [-0.2, -0.15) is 5.10 Å². The molecule has 0 bridgehead atoms. The number of halogens is 1. The van der Waals surface area contributed by atoms with Gasteiger partial charge in [-0.05, 0) is 36.4 Å². The van der Waals surface area contributed by atoms with Crippen LogP contribution in [0.25, 0.3) is 0 Å². The lowest BCUT2D eigenvalue weighted by Gasteiger charge is -2.38. The highest BCUT2D eigenvalue weighted by Gasteiger charge is 2.42. The lowest BCUT2D eigenvalue weighted by Crippen LogP contribution is -2.33. The molecule has 0 amide bonds. The number of rotatable bonds is 4. The van der Waals surface area contributed by atoms with E-state index in [1.807, 2.05) is 23.2 Å². The Morgan fingerprint density at radius 3 is 2.61 bits per heavy atom. The van der Waals surface area contributed by atoms with Crippen molar-refractivity contribution in [2.75, 3.05) is 14.2 Å². The van der Waals surface area contributed by atoms with Crippen molar-refractivity contribution in [1.82, 2.24) is 5.01 Å². The summed E-state index contributed by atoms with van der Waals surface area (Å²) in [6, 6.07) is 16.9. The number of ether oxygens (including phenoxy) is 3. The second kappa shape index (κ2) is 7.50. The zero-order valence-electron chi connectivity index (χ0n) is 17.1. The van der Waals surface area contributed by atoms with E-state index in [0.717, 1.165) is 11.1 Å². The molecule has 6 nitrogen and oxygen atoms in total. The first-order chi connectivity index (χ1) is 15.1. The van der Waals surface area contributed by atoms with Crippen LogP contribution in [0.5, 0.6) is 23.0 Å². The quantitative estimate of drug-likeness (QED) is 0.658. The number of benzene rings is 3. The molecule has 3 aromatic carbocycles. The molecule has 5 rings (SSSR count). The first kappa shape index (κ1) is 19.2. The fourth-order valence-corrected chi connectivity index (χ4v) is 4.13. The molecule has 1 N–H and O–H groups in total. The van der Waals surface area contributed by atoms with Crippen LogP contribution in [0.3, 0.4) is 0 Å². The van der Waals surface area contributed by atoms with Crippen LogP contribution in [-0.4, -0.2) is 30.0 Å². The first-order valence-corrected chi connectivity index (χ1v) is 9.91. The number of phenols is 1. The van der Waals surface area contributed by atoms with Crippen LogP contribution in [0, 0.1) is 5.82 Å². The van der Waals surface area contributed by atoms with Gasteiger partial charge in [-0.25, -0.2) is 9.40 Å². The highest BCUT2D eigenvalue weighted by Crippen LogP contribution is 2.51. The number of para-hydroxylation sites is 1. The predicted molar refractivity (Wildman–Crippen MR) is 113 cm³/mol. The highest BCUT2D eigenvalue weighted by molar-refractivity contribution is 6.04. The Balaban J connectivity index is 1.63. The molecule has 158 valence electrons. The Morgan fingerprint density at radius 2 is 1.87 bits per heavy atom. The summed E-state index contributed by atoms with van der Waals surface area (Å²) in [7, 11) is 3.18. The number of nitrogens with zero attached hydrogens (tertiary/aromatic N) is 2. The summed E-state index contributed by atoms with van der Waals surface area (Å²) in [6.45, 7) is 0. The molecule has 0 spiro atoms. The van der Waals surface area contributed by atoms with Crippen LogP contribution in [0.15, 0.2) is 65.8 Å². The zero-order chi connectivity index (χ0) is 21.5. The topological polar surface area (TPSA) is 63.5 Å². The second-order valence-electron chi connectivity index (χ2n) is 7.43. The summed E-state index contributed by atoms with van der Waals surface area (Å²) in [6.07, 6.45) is -0.0123. The van der Waals surface area contributed by atoms with Crippen LogP contribution in [-0.2, 0) is 0 Å². The van der Waals surface area contributed by atoms with Gasteiger partial charge < -0.3 is 19.3 Å². The maximum atomic E-state index is 13.5. The van der Waals surface area contributed by atoms with Gasteiger partial charge in [-0.1, -0.05) is 24.3 Å². The van der Waals surface area contributed by atoms with Crippen molar-refractivity contribution in [2.24, 2.45) is 5.10 Å². The maximum absolute atomic E-state index is 13.5. The average molecular weight is 420 g/mol. The van der Waals surface area contributed by atoms with E-state index in [1.54, 1.807) is 44.6 Å². The smallest absolute Gasteiger partial charge is 0.214 e. The van der Waals surface area contributed by atoms with Crippen LogP contribution < -0.4 is 14.2 Å². The third-order valence-corrected chi connectivity index (χ3v) is 5.67. The normalized spacial score (nSPS) is 19.2. The molecule has 31 heavy (non-hydrogen) atoms. The molecule has 2 aliphatic rings. The Hall–Kier alpha value is -3.74. The number of aromatic hydroxyl groups is 1. The molecule has 2 aliphatic heterocycles. The van der Waals surface area contributed by atoms with E-state index in [1.165, 1.54) is 12.1 Å². The Bertz CT molecular complexity index is 1160. The molecular weight excluding hydrogens is 399 g/mol. The number of hydrazone groups is 1. The average Bonchev–Trinajstić information content (AvgIpc) is 3.24. The van der Waals surface area contributed by atoms with Gasteiger partial charge in [0.2, 0.25) is 6.23 Å². The van der Waals surface area contributed by atoms with Gasteiger partial charge in [0.25, 0.3) is 0 Å². The number of hydrogen-bond donors (Lipinski definition) is 1. The van der Waals surface area contributed by atoms with Crippen molar-refractivity contribution < 1.29 is 23.7 Å². The third kappa shape index (κ3) is 3.22. The molecule has 0 unspecified atom stereocenters. The fraction of sp³-hybridized carbons (Fsp3) is 0.208. The van der Waals surface area contributed by atoms with Gasteiger partial charge in [-0.3, -0.25) is 0 Å². The van der Waals surface area contributed by atoms with Crippen LogP contribution in [0.4, 0.5) is 4.39 Å². The molecule has 7 heteroatoms. The fourth-order valence-electron chi connectivity index (χ4n) is 4.13. The van der Waals surface area contributed by atoms with E-state index in [2.05, 4.69) is 0 Å². The monoisotopic (exact) mass is 420 g/mol. The summed E-state index contributed by atoms with van der Waals surface area (Å²) in [5.41, 5.74) is 3.03. The van der Waals surface area contributed by atoms with Crippen LogP contribution >= 0.6 is 0 Å². The van der Waals surface area contributed by atoms with E-state index in [4.69, 9.17) is 19.3 Å². The van der Waals surface area contributed by atoms with E-state index in [0.29, 0.717) is 34.9 Å². The maximum Gasteiger partial charge on any atom is 0.214 e. The molecule has 3 aromatic rings. The molecule has 0 aliphatic carbocycles. The molecule has 2 atom stereocenters. The minimum absolute atomic E-state index is 0.129. The zero-order valence-corrected chi connectivity index (χ0v) is 17.1. The highest BCUT2D eigenvalue weighted by atomic mass is 19.1. The lowest BCUT2D eigenvalue weighted by molar-refractivity contribution is -0.0209. The molecular formula is C24H21FN2O4. The Labute approximate surface area is 179 Å². The van der Waals surface area contributed by atoms with Crippen molar-refractivity contribution in [2.45, 2.75) is 18.7 Å². The van der Waals surface area contributed by atoms with Crippen LogP contribution in [0.1, 0.15) is 35.4 Å². The van der Waals surface area contributed by atoms with E-state index >= 15 is 0 Å². The number of fused-ring (bicyclic) bond motifs is 3. The Kier molecular flexibility index (Phi) is 4.66. The predicted octanol–water partition coefficient (Wildman–Crippen LogP) is 4.79.